The van der Waals surface area contributed by atoms with E-state index in [1.165, 1.54) is 0 Å². The van der Waals surface area contributed by atoms with Crippen LogP contribution in [0.15, 0.2) is 0 Å². The van der Waals surface area contributed by atoms with Gasteiger partial charge in [-0.15, -0.1) is 0 Å². The van der Waals surface area contributed by atoms with Crippen molar-refractivity contribution >= 4 is 26.6 Å². The fourth-order valence-corrected chi connectivity index (χ4v) is 18.7. The minimum atomic E-state index is 0.652. The zero-order valence-electron chi connectivity index (χ0n) is 5.66. The molecule has 0 bridgehead atoms. The molecular formula is C5H16Si3. The zero-order chi connectivity index (χ0) is 5.66. The Morgan fingerprint density at radius 1 is 0.750 bits per heavy atom. The molecule has 1 saturated heterocycles. The quantitative estimate of drug-likeness (QED) is 0.413. The van der Waals surface area contributed by atoms with Crippen LogP contribution in [0.4, 0.5) is 0 Å². The number of rotatable bonds is 0. The summed E-state index contributed by atoms with van der Waals surface area (Å²) >= 11 is 0. The Hall–Kier alpha value is 0.651. The van der Waals surface area contributed by atoms with Crippen molar-refractivity contribution in [3.63, 3.8) is 0 Å². The Morgan fingerprint density at radius 2 is 1.38 bits per heavy atom. The van der Waals surface area contributed by atoms with Crippen molar-refractivity contribution in [3.8, 4) is 0 Å². The molecule has 0 aromatic carbocycles. The Bertz CT molecular complexity index is 31.6. The minimum Gasteiger partial charge on any atom is -0.0654 e. The molecule has 1 aliphatic heterocycles. The molecule has 0 spiro atoms. The standard InChI is InChI=1S/C5H16Si3/c1-2-4-6-8-7-5-3-1/h1-8H2. The lowest BCUT2D eigenvalue weighted by molar-refractivity contribution is 0.767. The van der Waals surface area contributed by atoms with Gasteiger partial charge in [-0.2, -0.15) is 0 Å². The lowest BCUT2D eigenvalue weighted by Gasteiger charge is -2.04. The van der Waals surface area contributed by atoms with Crippen molar-refractivity contribution in [1.82, 2.24) is 0 Å². The molecule has 1 fully saturated rings. The average molecular weight is 160 g/mol. The maximum absolute atomic E-state index is 1.74. The summed E-state index contributed by atoms with van der Waals surface area (Å²) in [7, 11) is 2.03. The molecule has 0 atom stereocenters. The lowest BCUT2D eigenvalue weighted by atomic mass is 10.3. The second-order valence-corrected chi connectivity index (χ2v) is 19.1. The monoisotopic (exact) mass is 160 g/mol. The van der Waals surface area contributed by atoms with Gasteiger partial charge in [-0.3, -0.25) is 0 Å². The maximum atomic E-state index is 1.74. The molecule has 0 unspecified atom stereocenters. The smallest absolute Gasteiger partial charge is 0.00493 e. The van der Waals surface area contributed by atoms with E-state index in [4.69, 9.17) is 0 Å². The topological polar surface area (TPSA) is 0 Å². The van der Waals surface area contributed by atoms with E-state index in [1.54, 1.807) is 31.4 Å². The second kappa shape index (κ2) is 4.52. The van der Waals surface area contributed by atoms with Crippen LogP contribution in [0.5, 0.6) is 0 Å². The fraction of sp³-hybridized carbons (Fsp3) is 1.00. The lowest BCUT2D eigenvalue weighted by Crippen LogP contribution is -2.13. The summed E-state index contributed by atoms with van der Waals surface area (Å²) in [6.45, 7) is 0. The highest BCUT2D eigenvalue weighted by molar-refractivity contribution is 7.29. The minimum absolute atomic E-state index is 0.652. The van der Waals surface area contributed by atoms with E-state index in [2.05, 4.69) is 0 Å². The molecular weight excluding hydrogens is 144 g/mol. The van der Waals surface area contributed by atoms with E-state index in [1.807, 2.05) is 0 Å². The van der Waals surface area contributed by atoms with Crippen LogP contribution in [-0.4, -0.2) is 26.6 Å². The Balaban J connectivity index is 2.00. The highest BCUT2D eigenvalue weighted by Crippen LogP contribution is 2.04. The van der Waals surface area contributed by atoms with Crippen LogP contribution >= 0.6 is 0 Å². The van der Waals surface area contributed by atoms with E-state index in [9.17, 15) is 0 Å². The van der Waals surface area contributed by atoms with Crippen molar-refractivity contribution in [2.24, 2.45) is 0 Å². The van der Waals surface area contributed by atoms with Gasteiger partial charge in [0, 0.05) is 18.1 Å². The fourth-order valence-electron chi connectivity index (χ4n) is 1.41. The molecule has 8 heavy (non-hydrogen) atoms. The molecule has 0 aromatic heterocycles. The second-order valence-electron chi connectivity index (χ2n) is 2.83. The molecule has 1 heterocycles. The SMILES string of the molecule is C1CC[SiH2][SiH2][SiH2]CC1. The average Bonchev–Trinajstić information content (AvgIpc) is 1.62. The Kier molecular flexibility index (Phi) is 3.82. The largest absolute Gasteiger partial charge is 0.0654 e. The van der Waals surface area contributed by atoms with Crippen LogP contribution < -0.4 is 0 Å². The predicted molar refractivity (Wildman–Crippen MR) is 49.1 cm³/mol. The molecule has 3 heteroatoms. The summed E-state index contributed by atoms with van der Waals surface area (Å²) in [4.78, 5) is 0. The first-order valence-electron chi connectivity index (χ1n) is 4.00. The first kappa shape index (κ1) is 6.77. The molecule has 1 rings (SSSR count). The molecule has 0 amide bonds. The first-order valence-corrected chi connectivity index (χ1v) is 14.0. The van der Waals surface area contributed by atoms with Gasteiger partial charge in [0.05, 0.1) is 0 Å². The van der Waals surface area contributed by atoms with E-state index in [0.717, 1.165) is 8.55 Å². The van der Waals surface area contributed by atoms with Crippen molar-refractivity contribution in [1.29, 1.82) is 0 Å². The summed E-state index contributed by atoms with van der Waals surface area (Å²) in [5.74, 6) is 0. The van der Waals surface area contributed by atoms with Gasteiger partial charge in [0.2, 0.25) is 0 Å². The molecule has 0 aliphatic carbocycles. The third kappa shape index (κ3) is 2.84. The third-order valence-electron chi connectivity index (χ3n) is 2.00. The summed E-state index contributed by atoms with van der Waals surface area (Å²) in [5, 5.41) is 0. The van der Waals surface area contributed by atoms with E-state index >= 15 is 0 Å². The molecule has 0 saturated carbocycles. The van der Waals surface area contributed by atoms with Crippen molar-refractivity contribution in [2.45, 2.75) is 31.4 Å². The Labute approximate surface area is 58.5 Å². The summed E-state index contributed by atoms with van der Waals surface area (Å²) in [6.07, 6.45) is 4.83. The molecule has 1 aliphatic rings. The van der Waals surface area contributed by atoms with E-state index in [-0.39, 0.29) is 0 Å². The van der Waals surface area contributed by atoms with Gasteiger partial charge in [-0.25, -0.2) is 0 Å². The van der Waals surface area contributed by atoms with Gasteiger partial charge in [-0.05, 0) is 8.55 Å². The van der Waals surface area contributed by atoms with Crippen LogP contribution in [0.25, 0.3) is 0 Å². The molecule has 0 nitrogen and oxygen atoms in total. The van der Waals surface area contributed by atoms with Crippen LogP contribution in [0, 0.1) is 0 Å². The van der Waals surface area contributed by atoms with Crippen LogP contribution in [-0.2, 0) is 0 Å². The van der Waals surface area contributed by atoms with Crippen LogP contribution in [0.1, 0.15) is 19.3 Å². The van der Waals surface area contributed by atoms with Crippen molar-refractivity contribution < 1.29 is 0 Å². The van der Waals surface area contributed by atoms with Gasteiger partial charge >= 0.3 is 0 Å². The molecule has 0 aromatic rings. The normalized spacial score (nSPS) is 33.0. The van der Waals surface area contributed by atoms with Crippen molar-refractivity contribution in [2.75, 3.05) is 0 Å². The van der Waals surface area contributed by atoms with Gasteiger partial charge in [-0.1, -0.05) is 31.4 Å². The Morgan fingerprint density at radius 3 is 2.00 bits per heavy atom. The number of hydrogen-bond acceptors (Lipinski definition) is 0. The molecule has 48 valence electrons. The summed E-state index contributed by atoms with van der Waals surface area (Å²) in [5.41, 5.74) is 0. The zero-order valence-corrected chi connectivity index (χ0v) is 9.90. The van der Waals surface area contributed by atoms with Crippen molar-refractivity contribution in [3.05, 3.63) is 0 Å². The van der Waals surface area contributed by atoms with E-state index < -0.39 is 0 Å². The number of hydrogen-bond donors (Lipinski definition) is 0. The molecule has 0 N–H and O–H groups in total. The van der Waals surface area contributed by atoms with Gasteiger partial charge in [0.1, 0.15) is 0 Å². The van der Waals surface area contributed by atoms with Gasteiger partial charge in [0.25, 0.3) is 0 Å². The van der Waals surface area contributed by atoms with Crippen LogP contribution in [0.3, 0.4) is 0 Å². The summed E-state index contributed by atoms with van der Waals surface area (Å²) < 4.78 is 0. The van der Waals surface area contributed by atoms with Gasteiger partial charge in [0.15, 0.2) is 0 Å². The van der Waals surface area contributed by atoms with E-state index in [0.29, 0.717) is 18.1 Å². The molecule has 0 radical (unpaired) electrons. The summed E-state index contributed by atoms with van der Waals surface area (Å²) in [6, 6.07) is 3.47. The third-order valence-corrected chi connectivity index (χ3v) is 20.0. The highest BCUT2D eigenvalue weighted by Gasteiger charge is 1.97. The highest BCUT2D eigenvalue weighted by atomic mass is 29.5. The predicted octanol–water partition coefficient (Wildman–Crippen LogP) is -0.657. The first-order chi connectivity index (χ1) is 4.00. The maximum Gasteiger partial charge on any atom is 0.00493 e. The van der Waals surface area contributed by atoms with Gasteiger partial charge < -0.3 is 0 Å². The van der Waals surface area contributed by atoms with Crippen LogP contribution in [0.2, 0.25) is 12.1 Å².